The summed E-state index contributed by atoms with van der Waals surface area (Å²) >= 11 is 0. The summed E-state index contributed by atoms with van der Waals surface area (Å²) in [4.78, 5) is 0. The van der Waals surface area contributed by atoms with Crippen molar-refractivity contribution >= 4 is 0 Å². The van der Waals surface area contributed by atoms with E-state index in [9.17, 15) is 0 Å². The molecule has 1 fully saturated rings. The number of aryl methyl sites for hydroxylation is 1. The minimum atomic E-state index is 0.611. The Kier molecular flexibility index (Phi) is 4.52. The van der Waals surface area contributed by atoms with Crippen molar-refractivity contribution in [3.63, 3.8) is 0 Å². The molecular formula is C21H32O. The number of fused-ring (bicyclic) bond motifs is 3. The Morgan fingerprint density at radius 2 is 1.91 bits per heavy atom. The van der Waals surface area contributed by atoms with Crippen molar-refractivity contribution in [2.75, 3.05) is 7.11 Å². The maximum absolute atomic E-state index is 5.43. The lowest BCUT2D eigenvalue weighted by atomic mass is 9.52. The van der Waals surface area contributed by atoms with Crippen LogP contribution < -0.4 is 4.74 Å². The molecule has 0 unspecified atom stereocenters. The quantitative estimate of drug-likeness (QED) is 0.666. The second-order valence-corrected chi connectivity index (χ2v) is 7.50. The van der Waals surface area contributed by atoms with Crippen molar-refractivity contribution in [1.82, 2.24) is 0 Å². The second kappa shape index (κ2) is 6.26. The van der Waals surface area contributed by atoms with Crippen LogP contribution in [0.25, 0.3) is 0 Å². The molecule has 2 aliphatic carbocycles. The molecule has 3 atom stereocenters. The van der Waals surface area contributed by atoms with Gasteiger partial charge in [-0.2, -0.15) is 0 Å². The summed E-state index contributed by atoms with van der Waals surface area (Å²) in [5, 5.41) is 0. The van der Waals surface area contributed by atoms with E-state index in [2.05, 4.69) is 39.0 Å². The molecule has 0 saturated heterocycles. The number of methoxy groups -OCH3 is 1. The SMILES string of the molecule is CC[C@H]1[C@@H]2CCc3cc(OC)ccc3[C@H]2CCC1(CC)CC. The third-order valence-electron chi connectivity index (χ3n) is 7.12. The van der Waals surface area contributed by atoms with Gasteiger partial charge in [0.15, 0.2) is 0 Å². The Bertz CT molecular complexity index is 515. The average molecular weight is 300 g/mol. The van der Waals surface area contributed by atoms with Crippen LogP contribution in [0.5, 0.6) is 5.75 Å². The Morgan fingerprint density at radius 1 is 1.14 bits per heavy atom. The molecule has 1 saturated carbocycles. The molecule has 0 aromatic heterocycles. The fraction of sp³-hybridized carbons (Fsp3) is 0.714. The van der Waals surface area contributed by atoms with E-state index in [1.54, 1.807) is 18.2 Å². The van der Waals surface area contributed by atoms with Gasteiger partial charge in [0, 0.05) is 0 Å². The predicted molar refractivity (Wildman–Crippen MR) is 93.6 cm³/mol. The van der Waals surface area contributed by atoms with Gasteiger partial charge in [-0.3, -0.25) is 0 Å². The van der Waals surface area contributed by atoms with Crippen LogP contribution >= 0.6 is 0 Å². The third kappa shape index (κ3) is 2.37. The van der Waals surface area contributed by atoms with Crippen LogP contribution in [0.1, 0.15) is 76.3 Å². The lowest BCUT2D eigenvalue weighted by Crippen LogP contribution is -2.43. The molecule has 1 heteroatoms. The number of benzene rings is 1. The molecule has 0 radical (unpaired) electrons. The molecule has 22 heavy (non-hydrogen) atoms. The van der Waals surface area contributed by atoms with E-state index in [0.29, 0.717) is 5.41 Å². The minimum absolute atomic E-state index is 0.611. The zero-order valence-corrected chi connectivity index (χ0v) is 14.8. The summed E-state index contributed by atoms with van der Waals surface area (Å²) in [7, 11) is 1.78. The molecule has 0 N–H and O–H groups in total. The number of ether oxygens (including phenoxy) is 1. The molecule has 1 aromatic carbocycles. The van der Waals surface area contributed by atoms with Crippen molar-refractivity contribution in [1.29, 1.82) is 0 Å². The summed E-state index contributed by atoms with van der Waals surface area (Å²) in [5.74, 6) is 3.64. The van der Waals surface area contributed by atoms with Crippen LogP contribution in [-0.4, -0.2) is 7.11 Å². The van der Waals surface area contributed by atoms with Gasteiger partial charge in [0.25, 0.3) is 0 Å². The van der Waals surface area contributed by atoms with Gasteiger partial charge in [0.05, 0.1) is 7.11 Å². The first kappa shape index (κ1) is 15.9. The van der Waals surface area contributed by atoms with Crippen LogP contribution in [0.4, 0.5) is 0 Å². The highest BCUT2D eigenvalue weighted by molar-refractivity contribution is 5.40. The topological polar surface area (TPSA) is 9.23 Å². The molecule has 0 amide bonds. The minimum Gasteiger partial charge on any atom is -0.497 e. The van der Waals surface area contributed by atoms with Crippen molar-refractivity contribution in [2.45, 2.75) is 71.6 Å². The maximum atomic E-state index is 5.43. The summed E-state index contributed by atoms with van der Waals surface area (Å²) in [5.41, 5.74) is 3.80. The molecule has 1 nitrogen and oxygen atoms in total. The van der Waals surface area contributed by atoms with E-state index < -0.39 is 0 Å². The van der Waals surface area contributed by atoms with E-state index in [1.165, 1.54) is 44.9 Å². The summed E-state index contributed by atoms with van der Waals surface area (Å²) in [6.45, 7) is 7.28. The first-order chi connectivity index (χ1) is 10.7. The Labute approximate surface area is 136 Å². The standard InChI is InChI=1S/C21H32O/c1-5-20-19-10-8-15-14-16(22-4)9-11-17(15)18(19)12-13-21(20,6-2)7-3/h9,11,14,18-20H,5-8,10,12-13H2,1-4H3/t18-,19-,20+/m1/s1. The predicted octanol–water partition coefficient (Wildman–Crippen LogP) is 5.97. The Balaban J connectivity index is 1.94. The summed E-state index contributed by atoms with van der Waals surface area (Å²) < 4.78 is 5.43. The van der Waals surface area contributed by atoms with Crippen molar-refractivity contribution in [3.05, 3.63) is 29.3 Å². The number of hydrogen-bond acceptors (Lipinski definition) is 1. The molecule has 122 valence electrons. The Morgan fingerprint density at radius 3 is 2.55 bits per heavy atom. The fourth-order valence-corrected chi connectivity index (χ4v) is 5.84. The molecule has 2 aliphatic rings. The molecule has 1 aromatic rings. The van der Waals surface area contributed by atoms with Gasteiger partial charge >= 0.3 is 0 Å². The van der Waals surface area contributed by atoms with Gasteiger partial charge in [-0.05, 0) is 72.1 Å². The normalized spacial score (nSPS) is 29.5. The first-order valence-corrected chi connectivity index (χ1v) is 9.35. The highest BCUT2D eigenvalue weighted by Gasteiger charge is 2.47. The van der Waals surface area contributed by atoms with Gasteiger partial charge in [-0.1, -0.05) is 46.1 Å². The zero-order valence-electron chi connectivity index (χ0n) is 14.8. The smallest absolute Gasteiger partial charge is 0.119 e. The van der Waals surface area contributed by atoms with Crippen molar-refractivity contribution < 1.29 is 4.74 Å². The lowest BCUT2D eigenvalue weighted by Gasteiger charge is -2.53. The number of rotatable bonds is 4. The van der Waals surface area contributed by atoms with E-state index in [4.69, 9.17) is 4.74 Å². The van der Waals surface area contributed by atoms with Crippen molar-refractivity contribution in [2.24, 2.45) is 17.3 Å². The molecule has 3 rings (SSSR count). The molecular weight excluding hydrogens is 268 g/mol. The van der Waals surface area contributed by atoms with E-state index in [1.807, 2.05) is 0 Å². The first-order valence-electron chi connectivity index (χ1n) is 9.35. The molecule has 0 aliphatic heterocycles. The molecule has 0 spiro atoms. The highest BCUT2D eigenvalue weighted by Crippen LogP contribution is 2.58. The van der Waals surface area contributed by atoms with Crippen LogP contribution in [0.2, 0.25) is 0 Å². The summed E-state index contributed by atoms with van der Waals surface area (Å²) in [6, 6.07) is 6.82. The van der Waals surface area contributed by atoms with Gasteiger partial charge in [0.2, 0.25) is 0 Å². The monoisotopic (exact) mass is 300 g/mol. The van der Waals surface area contributed by atoms with Crippen LogP contribution in [0.3, 0.4) is 0 Å². The van der Waals surface area contributed by atoms with Gasteiger partial charge in [-0.25, -0.2) is 0 Å². The van der Waals surface area contributed by atoms with Crippen LogP contribution in [0.15, 0.2) is 18.2 Å². The van der Waals surface area contributed by atoms with E-state index >= 15 is 0 Å². The zero-order chi connectivity index (χ0) is 15.7. The molecule has 0 heterocycles. The van der Waals surface area contributed by atoms with E-state index in [-0.39, 0.29) is 0 Å². The van der Waals surface area contributed by atoms with Crippen LogP contribution in [0, 0.1) is 17.3 Å². The lowest BCUT2D eigenvalue weighted by molar-refractivity contribution is 0.00732. The van der Waals surface area contributed by atoms with Gasteiger partial charge in [0.1, 0.15) is 5.75 Å². The fourth-order valence-electron chi connectivity index (χ4n) is 5.84. The van der Waals surface area contributed by atoms with E-state index in [0.717, 1.165) is 23.5 Å². The van der Waals surface area contributed by atoms with Crippen LogP contribution in [-0.2, 0) is 6.42 Å². The average Bonchev–Trinajstić information content (AvgIpc) is 2.59. The third-order valence-corrected chi connectivity index (χ3v) is 7.12. The van der Waals surface area contributed by atoms with Gasteiger partial charge in [-0.15, -0.1) is 0 Å². The largest absolute Gasteiger partial charge is 0.497 e. The highest BCUT2D eigenvalue weighted by atomic mass is 16.5. The van der Waals surface area contributed by atoms with Gasteiger partial charge < -0.3 is 4.74 Å². The Hall–Kier alpha value is -0.980. The summed E-state index contributed by atoms with van der Waals surface area (Å²) in [6.07, 6.45) is 9.52. The maximum Gasteiger partial charge on any atom is 0.119 e. The van der Waals surface area contributed by atoms with Crippen molar-refractivity contribution in [3.8, 4) is 5.75 Å². The molecule has 0 bridgehead atoms. The number of hydrogen-bond donors (Lipinski definition) is 0. The second-order valence-electron chi connectivity index (χ2n) is 7.50.